The first-order valence-corrected chi connectivity index (χ1v) is 11.7. The number of rotatable bonds is 11. The average molecular weight is 469 g/mol. The van der Waals surface area contributed by atoms with Crippen LogP contribution in [0.2, 0.25) is 0 Å². The average Bonchev–Trinajstić information content (AvgIpc) is 3.30. The zero-order valence-corrected chi connectivity index (χ0v) is 21.1. The van der Waals surface area contributed by atoms with Crippen LogP contribution in [0.25, 0.3) is 0 Å². The number of nitrogens with zero attached hydrogens (tertiary/aromatic N) is 2. The molecule has 3 rings (SSSR count). The lowest BCUT2D eigenvalue weighted by molar-refractivity contribution is 0.112. The Kier molecular flexibility index (Phi) is 15.1. The summed E-state index contributed by atoms with van der Waals surface area (Å²) in [5.41, 5.74) is 4.87. The zero-order valence-electron chi connectivity index (χ0n) is 21.1. The first kappa shape index (κ1) is 29.2. The third kappa shape index (κ3) is 11.9. The maximum atomic E-state index is 10.5. The van der Waals surface area contributed by atoms with Crippen molar-refractivity contribution in [2.45, 2.75) is 39.5 Å². The number of aliphatic hydroxyl groups is 1. The highest BCUT2D eigenvalue weighted by Crippen LogP contribution is 2.10. The molecule has 0 bridgehead atoms. The fourth-order valence-corrected chi connectivity index (χ4v) is 3.07. The van der Waals surface area contributed by atoms with Crippen molar-refractivity contribution in [3.63, 3.8) is 0 Å². The van der Waals surface area contributed by atoms with Gasteiger partial charge >= 0.3 is 0 Å². The lowest BCUT2D eigenvalue weighted by Crippen LogP contribution is -2.23. The monoisotopic (exact) mass is 468 g/mol. The Hall–Kier alpha value is -2.84. The summed E-state index contributed by atoms with van der Waals surface area (Å²) in [6, 6.07) is 19.2. The van der Waals surface area contributed by atoms with Gasteiger partial charge in [0.25, 0.3) is 0 Å². The Labute approximate surface area is 204 Å². The van der Waals surface area contributed by atoms with Gasteiger partial charge in [0.05, 0.1) is 24.1 Å². The minimum Gasteiger partial charge on any atom is -0.387 e. The molecule has 0 saturated heterocycles. The number of aldehydes is 1. The van der Waals surface area contributed by atoms with Crippen molar-refractivity contribution in [2.75, 3.05) is 34.3 Å². The number of carbonyl (C=O) groups excluding carboxylic acids is 1. The molecule has 1 heterocycles. The van der Waals surface area contributed by atoms with Crippen LogP contribution in [-0.4, -0.2) is 60.8 Å². The molecule has 0 fully saturated rings. The fraction of sp³-hybridized carbons (Fsp3) is 0.407. The van der Waals surface area contributed by atoms with Crippen molar-refractivity contribution in [1.29, 1.82) is 0 Å². The summed E-state index contributed by atoms with van der Waals surface area (Å²) in [7, 11) is 5.71. The summed E-state index contributed by atoms with van der Waals surface area (Å²) in [6.45, 7) is 6.79. The molecule has 0 aliphatic carbocycles. The van der Waals surface area contributed by atoms with Crippen LogP contribution < -0.4 is 5.32 Å². The summed E-state index contributed by atoms with van der Waals surface area (Å²) in [5.74, 6) is 0. The molecule has 7 nitrogen and oxygen atoms in total. The third-order valence-electron chi connectivity index (χ3n) is 4.69. The molecular weight excluding hydrogens is 428 g/mol. The molecule has 3 N–H and O–H groups in total. The maximum Gasteiger partial charge on any atom is 0.150 e. The molecule has 2 aromatic carbocycles. The standard InChI is InChI=1S/C17H19NO2.C8H15N3O.C2H6/c19-13-15-8-6-14(7-9-15)10-11-18-12-17(20)16-4-2-1-3-5-16;1-11(2)5-7-4-8(6-12-3)10-9-7;1-2/h1-9,13,17-18,20H,10-12H2;4H,5-6H2,1-3H3,(H,9,10);1-2H3/t17-;;/m0../s1. The van der Waals surface area contributed by atoms with E-state index in [0.717, 1.165) is 42.7 Å². The molecule has 0 radical (unpaired) electrons. The molecule has 186 valence electrons. The summed E-state index contributed by atoms with van der Waals surface area (Å²) in [5, 5.41) is 20.3. The van der Waals surface area contributed by atoms with E-state index < -0.39 is 6.10 Å². The topological polar surface area (TPSA) is 90.5 Å². The van der Waals surface area contributed by atoms with Gasteiger partial charge in [0, 0.05) is 25.8 Å². The van der Waals surface area contributed by atoms with Crippen molar-refractivity contribution >= 4 is 6.29 Å². The van der Waals surface area contributed by atoms with Gasteiger partial charge in [-0.15, -0.1) is 0 Å². The van der Waals surface area contributed by atoms with Crippen molar-refractivity contribution in [3.05, 3.63) is 88.7 Å². The molecule has 0 amide bonds. The minimum absolute atomic E-state index is 0.478. The minimum atomic E-state index is -0.478. The van der Waals surface area contributed by atoms with Crippen LogP contribution in [0.1, 0.15) is 52.8 Å². The second-order valence-corrected chi connectivity index (χ2v) is 7.80. The van der Waals surface area contributed by atoms with E-state index in [4.69, 9.17) is 4.74 Å². The molecule has 3 aromatic rings. The highest BCUT2D eigenvalue weighted by atomic mass is 16.5. The van der Waals surface area contributed by atoms with Crippen LogP contribution in [0.15, 0.2) is 60.7 Å². The van der Waals surface area contributed by atoms with E-state index in [9.17, 15) is 9.90 Å². The Morgan fingerprint density at radius 3 is 2.38 bits per heavy atom. The molecule has 0 unspecified atom stereocenters. The summed E-state index contributed by atoms with van der Waals surface area (Å²) in [4.78, 5) is 12.6. The summed E-state index contributed by atoms with van der Waals surface area (Å²) >= 11 is 0. The normalized spacial score (nSPS) is 11.1. The Bertz CT molecular complexity index is 896. The molecule has 1 aromatic heterocycles. The van der Waals surface area contributed by atoms with Gasteiger partial charge in [0.15, 0.2) is 0 Å². The summed E-state index contributed by atoms with van der Waals surface area (Å²) in [6.07, 6.45) is 1.24. The number of H-pyrrole nitrogens is 1. The van der Waals surface area contributed by atoms with Crippen molar-refractivity contribution in [3.8, 4) is 0 Å². The molecule has 1 atom stereocenters. The lowest BCUT2D eigenvalue weighted by Gasteiger charge is -2.12. The smallest absolute Gasteiger partial charge is 0.150 e. The van der Waals surface area contributed by atoms with Gasteiger partial charge in [0.1, 0.15) is 6.29 Å². The van der Waals surface area contributed by atoms with Crippen molar-refractivity contribution in [1.82, 2.24) is 20.4 Å². The van der Waals surface area contributed by atoms with Gasteiger partial charge in [-0.3, -0.25) is 9.89 Å². The number of aromatic nitrogens is 2. The number of aromatic amines is 1. The van der Waals surface area contributed by atoms with E-state index in [1.54, 1.807) is 7.11 Å². The largest absolute Gasteiger partial charge is 0.387 e. The number of carbonyl (C=O) groups is 1. The SMILES string of the molecule is CC.COCc1cc(CN(C)C)n[nH]1.O=Cc1ccc(CCNC[C@H](O)c2ccccc2)cc1. The maximum absolute atomic E-state index is 10.5. The third-order valence-corrected chi connectivity index (χ3v) is 4.69. The predicted molar refractivity (Wildman–Crippen MR) is 138 cm³/mol. The van der Waals surface area contributed by atoms with E-state index in [1.807, 2.05) is 88.6 Å². The number of benzene rings is 2. The van der Waals surface area contributed by atoms with Crippen LogP contribution in [0.3, 0.4) is 0 Å². The molecule has 0 spiro atoms. The quantitative estimate of drug-likeness (QED) is 0.291. The number of ether oxygens (including phenoxy) is 1. The van der Waals surface area contributed by atoms with Gasteiger partial charge in [-0.2, -0.15) is 5.10 Å². The Morgan fingerprint density at radius 1 is 1.12 bits per heavy atom. The number of methoxy groups -OCH3 is 1. The molecule has 0 aliphatic heterocycles. The van der Waals surface area contributed by atoms with Gasteiger partial charge in [-0.25, -0.2) is 0 Å². The van der Waals surface area contributed by atoms with Gasteiger partial charge in [0.2, 0.25) is 0 Å². The number of hydrogen-bond acceptors (Lipinski definition) is 6. The zero-order chi connectivity index (χ0) is 25.2. The van der Waals surface area contributed by atoms with E-state index in [0.29, 0.717) is 18.7 Å². The number of nitrogens with one attached hydrogen (secondary N) is 2. The number of aliphatic hydroxyl groups excluding tert-OH is 1. The second kappa shape index (κ2) is 17.6. The van der Waals surface area contributed by atoms with Crippen molar-refractivity contribution in [2.24, 2.45) is 0 Å². The van der Waals surface area contributed by atoms with Crippen LogP contribution >= 0.6 is 0 Å². The van der Waals surface area contributed by atoms with E-state index in [2.05, 4.69) is 20.4 Å². The van der Waals surface area contributed by atoms with Crippen molar-refractivity contribution < 1.29 is 14.6 Å². The van der Waals surface area contributed by atoms with E-state index in [1.165, 1.54) is 5.56 Å². The fourth-order valence-electron chi connectivity index (χ4n) is 3.07. The predicted octanol–water partition coefficient (Wildman–Crippen LogP) is 4.01. The highest BCUT2D eigenvalue weighted by Gasteiger charge is 2.05. The Morgan fingerprint density at radius 2 is 1.79 bits per heavy atom. The highest BCUT2D eigenvalue weighted by molar-refractivity contribution is 5.74. The summed E-state index contributed by atoms with van der Waals surface area (Å²) < 4.78 is 4.96. The van der Waals surface area contributed by atoms with E-state index >= 15 is 0 Å². The molecule has 0 aliphatic rings. The van der Waals surface area contributed by atoms with Gasteiger partial charge in [-0.1, -0.05) is 68.4 Å². The molecular formula is C27H40N4O3. The first-order valence-electron chi connectivity index (χ1n) is 11.7. The first-order chi connectivity index (χ1) is 16.5. The Balaban J connectivity index is 0.000000353. The van der Waals surface area contributed by atoms with Gasteiger partial charge < -0.3 is 20.1 Å². The van der Waals surface area contributed by atoms with Crippen LogP contribution in [0, 0.1) is 0 Å². The van der Waals surface area contributed by atoms with E-state index in [-0.39, 0.29) is 0 Å². The van der Waals surface area contributed by atoms with Crippen LogP contribution in [-0.2, 0) is 24.3 Å². The molecule has 34 heavy (non-hydrogen) atoms. The number of hydrogen-bond donors (Lipinski definition) is 3. The van der Waals surface area contributed by atoms with Crippen LogP contribution in [0.4, 0.5) is 0 Å². The second-order valence-electron chi connectivity index (χ2n) is 7.80. The lowest BCUT2D eigenvalue weighted by atomic mass is 10.1. The van der Waals surface area contributed by atoms with Crippen LogP contribution in [0.5, 0.6) is 0 Å². The molecule has 0 saturated carbocycles. The van der Waals surface area contributed by atoms with Gasteiger partial charge in [-0.05, 0) is 44.3 Å². The molecule has 7 heteroatoms.